The minimum atomic E-state index is -3.78. The summed E-state index contributed by atoms with van der Waals surface area (Å²) in [5.74, 6) is -0.582. The Bertz CT molecular complexity index is 898. The summed E-state index contributed by atoms with van der Waals surface area (Å²) in [6.45, 7) is 7.23. The average Bonchev–Trinajstić information content (AvgIpc) is 2.89. The van der Waals surface area contributed by atoms with Gasteiger partial charge < -0.3 is 19.7 Å². The SMILES string of the molecule is C1COCCO1.C[C@@H]1CCNCC(=O)N1C1CC2(C1)CN(S(=O)(=O)c1ccccc1F)C2. The van der Waals surface area contributed by atoms with E-state index in [1.165, 1.54) is 28.6 Å². The van der Waals surface area contributed by atoms with Crippen molar-refractivity contribution in [2.24, 2.45) is 5.41 Å². The summed E-state index contributed by atoms with van der Waals surface area (Å²) in [7, 11) is -3.78. The van der Waals surface area contributed by atoms with Crippen molar-refractivity contribution in [3.8, 4) is 0 Å². The number of benzene rings is 1. The van der Waals surface area contributed by atoms with Crippen molar-refractivity contribution < 1.29 is 27.1 Å². The Hall–Kier alpha value is -1.59. The van der Waals surface area contributed by atoms with Gasteiger partial charge in [0.2, 0.25) is 15.9 Å². The number of ether oxygens (including phenoxy) is 2. The second-order valence-corrected chi connectivity index (χ2v) is 11.0. The van der Waals surface area contributed by atoms with Gasteiger partial charge >= 0.3 is 0 Å². The van der Waals surface area contributed by atoms with E-state index in [4.69, 9.17) is 9.47 Å². The van der Waals surface area contributed by atoms with Gasteiger partial charge in [0, 0.05) is 30.6 Å². The van der Waals surface area contributed by atoms with Gasteiger partial charge in [-0.25, -0.2) is 12.8 Å². The van der Waals surface area contributed by atoms with Gasteiger partial charge in [-0.3, -0.25) is 4.79 Å². The van der Waals surface area contributed by atoms with Crippen molar-refractivity contribution >= 4 is 15.9 Å². The number of halogens is 1. The highest BCUT2D eigenvalue weighted by molar-refractivity contribution is 7.89. The Labute approximate surface area is 189 Å². The molecule has 0 bridgehead atoms. The maximum absolute atomic E-state index is 13.9. The highest BCUT2D eigenvalue weighted by Crippen LogP contribution is 2.52. The number of hydrogen-bond acceptors (Lipinski definition) is 6. The summed E-state index contributed by atoms with van der Waals surface area (Å²) < 4.78 is 50.3. The van der Waals surface area contributed by atoms with Crippen molar-refractivity contribution in [3.05, 3.63) is 30.1 Å². The molecule has 1 N–H and O–H groups in total. The van der Waals surface area contributed by atoms with E-state index >= 15 is 0 Å². The third-order valence-corrected chi connectivity index (χ3v) is 8.56. The van der Waals surface area contributed by atoms with Gasteiger partial charge in [-0.05, 0) is 44.9 Å². The Balaban J connectivity index is 0.000000354. The van der Waals surface area contributed by atoms with Crippen molar-refractivity contribution in [1.29, 1.82) is 0 Å². The highest BCUT2D eigenvalue weighted by atomic mass is 32.2. The molecule has 1 aliphatic carbocycles. The number of amides is 1. The van der Waals surface area contributed by atoms with E-state index in [0.717, 1.165) is 52.2 Å². The first-order chi connectivity index (χ1) is 15.3. The van der Waals surface area contributed by atoms with Crippen LogP contribution in [-0.4, -0.2) is 88.2 Å². The zero-order chi connectivity index (χ0) is 22.8. The molecule has 1 atom stereocenters. The fraction of sp³-hybridized carbons (Fsp3) is 0.682. The standard InChI is InChI=1S/C18H24FN3O3S.C4H8O2/c1-13-6-7-20-10-17(23)22(13)14-8-18(9-14)11-21(12-18)26(24,25)16-5-3-2-4-15(16)19;1-2-6-4-3-5-1/h2-5,13-14,20H,6-12H2,1H3;1-4H2/t13-;/m1./s1. The predicted molar refractivity (Wildman–Crippen MR) is 116 cm³/mol. The molecule has 1 amide bonds. The molecule has 3 heterocycles. The summed E-state index contributed by atoms with van der Waals surface area (Å²) in [6, 6.07) is 5.89. The number of hydrogen-bond donors (Lipinski definition) is 1. The van der Waals surface area contributed by atoms with Crippen molar-refractivity contribution in [3.63, 3.8) is 0 Å². The third-order valence-electron chi connectivity index (χ3n) is 6.73. The van der Waals surface area contributed by atoms with Gasteiger partial charge in [-0.1, -0.05) is 12.1 Å². The molecule has 0 unspecified atom stereocenters. The lowest BCUT2D eigenvalue weighted by Crippen LogP contribution is -2.68. The first kappa shape index (κ1) is 23.6. The van der Waals surface area contributed by atoms with Crippen molar-refractivity contribution in [2.75, 3.05) is 52.6 Å². The number of sulfonamides is 1. The van der Waals surface area contributed by atoms with Crippen LogP contribution in [0.4, 0.5) is 4.39 Å². The van der Waals surface area contributed by atoms with Gasteiger partial charge in [0.1, 0.15) is 10.7 Å². The van der Waals surface area contributed by atoms with Crippen molar-refractivity contribution in [1.82, 2.24) is 14.5 Å². The predicted octanol–water partition coefficient (Wildman–Crippen LogP) is 1.22. The molecule has 178 valence electrons. The first-order valence-corrected chi connectivity index (χ1v) is 12.7. The van der Waals surface area contributed by atoms with Crippen LogP contribution in [0.5, 0.6) is 0 Å². The second kappa shape index (κ2) is 9.72. The summed E-state index contributed by atoms with van der Waals surface area (Å²) in [6.07, 6.45) is 2.59. The van der Waals surface area contributed by atoms with Gasteiger partial charge in [0.05, 0.1) is 33.0 Å². The zero-order valence-corrected chi connectivity index (χ0v) is 19.3. The molecule has 4 aliphatic rings. The molecular weight excluding hydrogens is 437 g/mol. The van der Waals surface area contributed by atoms with E-state index in [-0.39, 0.29) is 28.3 Å². The van der Waals surface area contributed by atoms with E-state index in [2.05, 4.69) is 12.2 Å². The molecule has 3 aliphatic heterocycles. The molecule has 4 fully saturated rings. The minimum Gasteiger partial charge on any atom is -0.377 e. The van der Waals surface area contributed by atoms with Crippen LogP contribution in [0.3, 0.4) is 0 Å². The zero-order valence-electron chi connectivity index (χ0n) is 18.5. The fourth-order valence-corrected chi connectivity index (χ4v) is 6.78. The molecule has 8 nitrogen and oxygen atoms in total. The van der Waals surface area contributed by atoms with Gasteiger partial charge in [0.25, 0.3) is 0 Å². The van der Waals surface area contributed by atoms with Crippen LogP contribution in [0, 0.1) is 11.2 Å². The number of carbonyl (C=O) groups is 1. The molecule has 3 saturated heterocycles. The number of rotatable bonds is 3. The average molecular weight is 470 g/mol. The molecule has 1 aromatic rings. The first-order valence-electron chi connectivity index (χ1n) is 11.2. The maximum Gasteiger partial charge on any atom is 0.246 e. The summed E-state index contributed by atoms with van der Waals surface area (Å²) in [5, 5.41) is 3.15. The largest absolute Gasteiger partial charge is 0.377 e. The molecule has 0 aromatic heterocycles. The molecule has 10 heteroatoms. The Morgan fingerprint density at radius 2 is 1.72 bits per heavy atom. The number of carbonyl (C=O) groups excluding carboxylic acids is 1. The fourth-order valence-electron chi connectivity index (χ4n) is 5.05. The highest BCUT2D eigenvalue weighted by Gasteiger charge is 2.58. The third kappa shape index (κ3) is 4.84. The molecule has 1 saturated carbocycles. The Morgan fingerprint density at radius 3 is 2.31 bits per heavy atom. The van der Waals surface area contributed by atoms with Crippen LogP contribution >= 0.6 is 0 Å². The quantitative estimate of drug-likeness (QED) is 0.716. The molecule has 1 aromatic carbocycles. The maximum atomic E-state index is 13.9. The minimum absolute atomic E-state index is 0.0529. The van der Waals surface area contributed by atoms with E-state index in [1.807, 2.05) is 4.90 Å². The topological polar surface area (TPSA) is 88.2 Å². The summed E-state index contributed by atoms with van der Waals surface area (Å²) in [5.41, 5.74) is -0.0529. The Morgan fingerprint density at radius 1 is 1.09 bits per heavy atom. The van der Waals surface area contributed by atoms with Crippen LogP contribution in [0.25, 0.3) is 0 Å². The molecule has 32 heavy (non-hydrogen) atoms. The lowest BCUT2D eigenvalue weighted by molar-refractivity contribution is -0.145. The number of nitrogens with zero attached hydrogens (tertiary/aromatic N) is 2. The molecule has 1 spiro atoms. The van der Waals surface area contributed by atoms with Crippen LogP contribution in [-0.2, 0) is 24.3 Å². The number of nitrogens with one attached hydrogen (secondary N) is 1. The van der Waals surface area contributed by atoms with E-state index in [1.54, 1.807) is 0 Å². The smallest absolute Gasteiger partial charge is 0.246 e. The van der Waals surface area contributed by atoms with E-state index in [9.17, 15) is 17.6 Å². The lowest BCUT2D eigenvalue weighted by Gasteiger charge is -2.60. The molecular formula is C22H32FN3O5S. The Kier molecular flexibility index (Phi) is 7.16. The molecule has 0 radical (unpaired) electrons. The van der Waals surface area contributed by atoms with E-state index < -0.39 is 15.8 Å². The monoisotopic (exact) mass is 469 g/mol. The summed E-state index contributed by atoms with van der Waals surface area (Å²) in [4.78, 5) is 14.1. The molecule has 5 rings (SSSR count). The summed E-state index contributed by atoms with van der Waals surface area (Å²) >= 11 is 0. The van der Waals surface area contributed by atoms with Crippen LogP contribution in [0.15, 0.2) is 29.2 Å². The van der Waals surface area contributed by atoms with Crippen molar-refractivity contribution in [2.45, 2.75) is 43.2 Å². The second-order valence-electron chi connectivity index (χ2n) is 9.11. The van der Waals surface area contributed by atoms with Crippen LogP contribution in [0.2, 0.25) is 0 Å². The van der Waals surface area contributed by atoms with Gasteiger partial charge in [0.15, 0.2) is 0 Å². The lowest BCUT2D eigenvalue weighted by atomic mass is 9.61. The van der Waals surface area contributed by atoms with Gasteiger partial charge in [-0.2, -0.15) is 4.31 Å². The normalized spacial score (nSPS) is 26.5. The van der Waals surface area contributed by atoms with E-state index in [0.29, 0.717) is 19.6 Å². The van der Waals surface area contributed by atoms with Crippen LogP contribution < -0.4 is 5.32 Å². The van der Waals surface area contributed by atoms with Crippen LogP contribution in [0.1, 0.15) is 26.2 Å². The van der Waals surface area contributed by atoms with Gasteiger partial charge in [-0.15, -0.1) is 0 Å².